The number of ether oxygens (including phenoxy) is 2. The van der Waals surface area contributed by atoms with Crippen LogP contribution in [0.5, 0.6) is 0 Å². The minimum atomic E-state index is -0.219. The number of aryl methyl sites for hydroxylation is 1. The fourth-order valence-electron chi connectivity index (χ4n) is 2.00. The fraction of sp³-hybridized carbons (Fsp3) is 0.786. The second kappa shape index (κ2) is 9.07. The van der Waals surface area contributed by atoms with Crippen LogP contribution >= 0.6 is 0 Å². The monoisotopic (exact) mass is 269 g/mol. The molecule has 0 aromatic carbocycles. The Morgan fingerprint density at radius 2 is 1.95 bits per heavy atom. The molecule has 19 heavy (non-hydrogen) atoms. The lowest BCUT2D eigenvalue weighted by molar-refractivity contribution is -0.153. The first-order chi connectivity index (χ1) is 9.21. The molecule has 0 amide bonds. The third-order valence-corrected chi connectivity index (χ3v) is 2.84. The highest BCUT2D eigenvalue weighted by atomic mass is 16.7. The van der Waals surface area contributed by atoms with Gasteiger partial charge in [0.25, 0.3) is 0 Å². The van der Waals surface area contributed by atoms with Crippen molar-refractivity contribution in [3.63, 3.8) is 0 Å². The summed E-state index contributed by atoms with van der Waals surface area (Å²) >= 11 is 0. The summed E-state index contributed by atoms with van der Waals surface area (Å²) in [6.07, 6.45) is 3.64. The molecule has 0 aliphatic carbocycles. The molecule has 1 unspecified atom stereocenters. The number of aromatic nitrogens is 2. The van der Waals surface area contributed by atoms with Crippen LogP contribution < -0.4 is 5.32 Å². The summed E-state index contributed by atoms with van der Waals surface area (Å²) in [7, 11) is 1.93. The maximum absolute atomic E-state index is 5.70. The zero-order valence-corrected chi connectivity index (χ0v) is 12.6. The van der Waals surface area contributed by atoms with Crippen molar-refractivity contribution in [3.05, 3.63) is 18.0 Å². The van der Waals surface area contributed by atoms with E-state index in [9.17, 15) is 0 Å². The number of hydrogen-bond donors (Lipinski definition) is 1. The lowest BCUT2D eigenvalue weighted by atomic mass is 10.1. The number of hydrogen-bond acceptors (Lipinski definition) is 4. The molecule has 1 aromatic heterocycles. The second-order valence-electron chi connectivity index (χ2n) is 4.52. The molecule has 0 aliphatic rings. The highest BCUT2D eigenvalue weighted by Gasteiger charge is 2.22. The average Bonchev–Trinajstić information content (AvgIpc) is 2.80. The van der Waals surface area contributed by atoms with Crippen LogP contribution in [0.15, 0.2) is 12.3 Å². The van der Waals surface area contributed by atoms with E-state index in [1.54, 1.807) is 0 Å². The van der Waals surface area contributed by atoms with Gasteiger partial charge in [0.2, 0.25) is 0 Å². The van der Waals surface area contributed by atoms with Crippen molar-refractivity contribution in [3.8, 4) is 0 Å². The van der Waals surface area contributed by atoms with Crippen molar-refractivity contribution in [2.45, 2.75) is 45.9 Å². The first-order valence-electron chi connectivity index (χ1n) is 7.16. The molecule has 0 saturated heterocycles. The van der Waals surface area contributed by atoms with Gasteiger partial charge in [-0.1, -0.05) is 6.92 Å². The first-order valence-corrected chi connectivity index (χ1v) is 7.16. The molecule has 0 bridgehead atoms. The van der Waals surface area contributed by atoms with Crippen molar-refractivity contribution in [1.29, 1.82) is 0 Å². The van der Waals surface area contributed by atoms with Crippen LogP contribution in [-0.2, 0) is 22.9 Å². The largest absolute Gasteiger partial charge is 0.351 e. The van der Waals surface area contributed by atoms with Crippen molar-refractivity contribution in [2.75, 3.05) is 19.8 Å². The average molecular weight is 269 g/mol. The summed E-state index contributed by atoms with van der Waals surface area (Å²) in [6, 6.07) is 2.17. The molecule has 1 aromatic rings. The van der Waals surface area contributed by atoms with Gasteiger partial charge in [0, 0.05) is 32.9 Å². The van der Waals surface area contributed by atoms with Gasteiger partial charge in [-0.2, -0.15) is 5.10 Å². The third-order valence-electron chi connectivity index (χ3n) is 2.84. The van der Waals surface area contributed by atoms with Gasteiger partial charge in [-0.15, -0.1) is 0 Å². The first kappa shape index (κ1) is 16.1. The van der Waals surface area contributed by atoms with Crippen LogP contribution in [0.4, 0.5) is 0 Å². The predicted octanol–water partition coefficient (Wildman–Crippen LogP) is 1.73. The Hall–Kier alpha value is -0.910. The van der Waals surface area contributed by atoms with Crippen LogP contribution in [0.25, 0.3) is 0 Å². The summed E-state index contributed by atoms with van der Waals surface area (Å²) in [5.41, 5.74) is 1.06. The van der Waals surface area contributed by atoms with Gasteiger partial charge in [0.1, 0.15) is 0 Å². The molecule has 1 heterocycles. The minimum Gasteiger partial charge on any atom is -0.351 e. The van der Waals surface area contributed by atoms with Crippen LogP contribution in [0.2, 0.25) is 0 Å². The van der Waals surface area contributed by atoms with E-state index in [1.807, 2.05) is 37.8 Å². The summed E-state index contributed by atoms with van der Waals surface area (Å²) < 4.78 is 13.2. The predicted molar refractivity (Wildman–Crippen MR) is 76.0 cm³/mol. The molecule has 1 atom stereocenters. The Kier molecular flexibility index (Phi) is 7.70. The highest BCUT2D eigenvalue weighted by Crippen LogP contribution is 2.09. The number of nitrogens with one attached hydrogen (secondary N) is 1. The Bertz CT molecular complexity index is 335. The van der Waals surface area contributed by atoms with E-state index in [1.165, 1.54) is 0 Å². The van der Waals surface area contributed by atoms with E-state index in [-0.39, 0.29) is 12.3 Å². The molecular formula is C14H27N3O2. The Morgan fingerprint density at radius 3 is 2.42 bits per heavy atom. The van der Waals surface area contributed by atoms with Crippen molar-refractivity contribution in [2.24, 2.45) is 7.05 Å². The molecule has 110 valence electrons. The van der Waals surface area contributed by atoms with Crippen LogP contribution in [0.3, 0.4) is 0 Å². The lowest BCUT2D eigenvalue weighted by Gasteiger charge is -2.27. The zero-order valence-electron chi connectivity index (χ0n) is 12.6. The molecule has 1 rings (SSSR count). The highest BCUT2D eigenvalue weighted by molar-refractivity contribution is 5.02. The SMILES string of the molecule is CCCNC(Cc1ccn(C)n1)C(OCC)OCC. The normalized spacial score (nSPS) is 13.1. The zero-order chi connectivity index (χ0) is 14.1. The van der Waals surface area contributed by atoms with Crippen LogP contribution in [0, 0.1) is 0 Å². The van der Waals surface area contributed by atoms with E-state index in [2.05, 4.69) is 17.3 Å². The molecule has 0 radical (unpaired) electrons. The molecule has 5 nitrogen and oxygen atoms in total. The van der Waals surface area contributed by atoms with Gasteiger partial charge in [-0.3, -0.25) is 4.68 Å². The third kappa shape index (κ3) is 5.72. The fourth-order valence-corrected chi connectivity index (χ4v) is 2.00. The number of nitrogens with zero attached hydrogens (tertiary/aromatic N) is 2. The van der Waals surface area contributed by atoms with Gasteiger partial charge < -0.3 is 14.8 Å². The quantitative estimate of drug-likeness (QED) is 0.657. The van der Waals surface area contributed by atoms with Crippen LogP contribution in [0.1, 0.15) is 32.9 Å². The van der Waals surface area contributed by atoms with Gasteiger partial charge >= 0.3 is 0 Å². The molecule has 0 spiro atoms. The summed E-state index contributed by atoms with van der Waals surface area (Å²) in [6.45, 7) is 8.39. The summed E-state index contributed by atoms with van der Waals surface area (Å²) in [5.74, 6) is 0. The Balaban J connectivity index is 2.67. The maximum atomic E-state index is 5.70. The van der Waals surface area contributed by atoms with E-state index >= 15 is 0 Å². The van der Waals surface area contributed by atoms with E-state index in [4.69, 9.17) is 9.47 Å². The molecule has 1 N–H and O–H groups in total. The maximum Gasteiger partial charge on any atom is 0.173 e. The van der Waals surface area contributed by atoms with E-state index < -0.39 is 0 Å². The van der Waals surface area contributed by atoms with Gasteiger partial charge in [-0.25, -0.2) is 0 Å². The summed E-state index contributed by atoms with van der Waals surface area (Å²) in [5, 5.41) is 7.92. The standard InChI is InChI=1S/C14H27N3O2/c1-5-9-15-13(14(18-6-2)19-7-3)11-12-8-10-17(4)16-12/h8,10,13-15H,5-7,9,11H2,1-4H3. The molecule has 0 fully saturated rings. The number of rotatable bonds is 10. The van der Waals surface area contributed by atoms with Crippen LogP contribution in [-0.4, -0.2) is 41.9 Å². The van der Waals surface area contributed by atoms with Crippen molar-refractivity contribution in [1.82, 2.24) is 15.1 Å². The van der Waals surface area contributed by atoms with Crippen molar-refractivity contribution >= 4 is 0 Å². The topological polar surface area (TPSA) is 48.3 Å². The second-order valence-corrected chi connectivity index (χ2v) is 4.52. The molecule has 5 heteroatoms. The Labute approximate surface area is 116 Å². The summed E-state index contributed by atoms with van der Waals surface area (Å²) in [4.78, 5) is 0. The van der Waals surface area contributed by atoms with E-state index in [0.717, 1.165) is 25.1 Å². The minimum absolute atomic E-state index is 0.134. The van der Waals surface area contributed by atoms with Gasteiger partial charge in [-0.05, 0) is 32.9 Å². The van der Waals surface area contributed by atoms with Crippen molar-refractivity contribution < 1.29 is 9.47 Å². The molecular weight excluding hydrogens is 242 g/mol. The van der Waals surface area contributed by atoms with Gasteiger partial charge in [0.15, 0.2) is 6.29 Å². The lowest BCUT2D eigenvalue weighted by Crippen LogP contribution is -2.45. The molecule has 0 saturated carbocycles. The smallest absolute Gasteiger partial charge is 0.173 e. The Morgan fingerprint density at radius 1 is 1.26 bits per heavy atom. The van der Waals surface area contributed by atoms with E-state index in [0.29, 0.717) is 13.2 Å². The van der Waals surface area contributed by atoms with Gasteiger partial charge in [0.05, 0.1) is 11.7 Å². The molecule has 0 aliphatic heterocycles.